The number of aromatic nitrogens is 1. The molecule has 0 unspecified atom stereocenters. The number of alkyl carbamates (subject to hydrolysis) is 1. The summed E-state index contributed by atoms with van der Waals surface area (Å²) in [7, 11) is 0. The van der Waals surface area contributed by atoms with Crippen LogP contribution in [0.3, 0.4) is 0 Å². The van der Waals surface area contributed by atoms with Gasteiger partial charge < -0.3 is 29.6 Å². The zero-order valence-corrected chi connectivity index (χ0v) is 26.1. The highest BCUT2D eigenvalue weighted by molar-refractivity contribution is 7.99. The lowest BCUT2D eigenvalue weighted by Gasteiger charge is -2.14. The van der Waals surface area contributed by atoms with Crippen LogP contribution in [0.4, 0.5) is 4.79 Å². The average Bonchev–Trinajstić information content (AvgIpc) is 3.62. The van der Waals surface area contributed by atoms with Gasteiger partial charge in [-0.1, -0.05) is 53.6 Å². The van der Waals surface area contributed by atoms with E-state index in [0.717, 1.165) is 46.4 Å². The molecule has 3 N–H and O–H groups in total. The molecule has 4 aromatic rings. The Balaban J connectivity index is 1.04. The minimum Gasteiger partial charge on any atom is -0.508 e. The minimum absolute atomic E-state index is 0.0231. The van der Waals surface area contributed by atoms with Crippen molar-refractivity contribution in [3.8, 4) is 16.9 Å². The van der Waals surface area contributed by atoms with E-state index in [1.54, 1.807) is 6.07 Å². The van der Waals surface area contributed by atoms with Crippen LogP contribution in [0.1, 0.15) is 34.6 Å². The molecule has 10 nitrogen and oxygen atoms in total. The third-order valence-electron chi connectivity index (χ3n) is 7.88. The van der Waals surface area contributed by atoms with Crippen LogP contribution in [0, 0.1) is 0 Å². The smallest absolute Gasteiger partial charge is 0.407 e. The first kappa shape index (κ1) is 32.2. The first-order chi connectivity index (χ1) is 22.2. The summed E-state index contributed by atoms with van der Waals surface area (Å²) < 4.78 is 16.6. The molecule has 5 rings (SSSR count). The zero-order chi connectivity index (χ0) is 31.3. The minimum atomic E-state index is -0.432. The number of ether oxygens (including phenoxy) is 3. The van der Waals surface area contributed by atoms with Crippen LogP contribution in [0.2, 0.25) is 0 Å². The van der Waals surface area contributed by atoms with Gasteiger partial charge in [-0.25, -0.2) is 4.79 Å². The molecule has 0 spiro atoms. The van der Waals surface area contributed by atoms with Crippen LogP contribution in [0.5, 0.6) is 5.75 Å². The topological polar surface area (TPSA) is 142 Å². The molecule has 0 radical (unpaired) electrons. The fourth-order valence-corrected chi connectivity index (χ4v) is 6.59. The van der Waals surface area contributed by atoms with Gasteiger partial charge in [0.2, 0.25) is 0 Å². The van der Waals surface area contributed by atoms with Crippen molar-refractivity contribution in [1.82, 2.24) is 10.3 Å². The Labute approximate surface area is 267 Å². The van der Waals surface area contributed by atoms with Gasteiger partial charge in [0.15, 0.2) is 0 Å². The van der Waals surface area contributed by atoms with Crippen LogP contribution in [-0.4, -0.2) is 73.8 Å². The molecule has 1 aromatic heterocycles. The molecule has 3 aromatic carbocycles. The Bertz CT molecular complexity index is 1570. The summed E-state index contributed by atoms with van der Waals surface area (Å²) in [5.74, 6) is 2.15. The molecule has 236 valence electrons. The summed E-state index contributed by atoms with van der Waals surface area (Å²) in [6, 6.07) is 20.2. The SMILES string of the molecule is [N-]=[N+]=NCCOCCOCCSCCCc1c(O)ccc2[nH]cc(CCNC(=O)OCC3c4ccccc4-c4ccccc43)c12. The van der Waals surface area contributed by atoms with Gasteiger partial charge in [-0.15, -0.1) is 0 Å². The van der Waals surface area contributed by atoms with Gasteiger partial charge in [0.05, 0.1) is 26.4 Å². The number of rotatable bonds is 18. The van der Waals surface area contributed by atoms with Gasteiger partial charge >= 0.3 is 6.09 Å². The quantitative estimate of drug-likeness (QED) is 0.0470. The highest BCUT2D eigenvalue weighted by atomic mass is 32.2. The lowest BCUT2D eigenvalue weighted by atomic mass is 9.98. The Morgan fingerprint density at radius 3 is 2.44 bits per heavy atom. The number of azide groups is 1. The fourth-order valence-electron chi connectivity index (χ4n) is 5.80. The predicted molar refractivity (Wildman–Crippen MR) is 178 cm³/mol. The van der Waals surface area contributed by atoms with E-state index in [1.165, 1.54) is 22.3 Å². The molecule has 1 heterocycles. The second kappa shape index (κ2) is 16.8. The molecule has 45 heavy (non-hydrogen) atoms. The zero-order valence-electron chi connectivity index (χ0n) is 25.2. The monoisotopic (exact) mass is 629 g/mol. The number of hydrogen-bond acceptors (Lipinski definition) is 7. The molecule has 0 fully saturated rings. The third kappa shape index (κ3) is 8.52. The van der Waals surface area contributed by atoms with Gasteiger partial charge in [0.1, 0.15) is 12.4 Å². The lowest BCUT2D eigenvalue weighted by Crippen LogP contribution is -2.28. The van der Waals surface area contributed by atoms with Crippen molar-refractivity contribution in [2.24, 2.45) is 5.11 Å². The highest BCUT2D eigenvalue weighted by Crippen LogP contribution is 2.44. The number of nitrogens with one attached hydrogen (secondary N) is 2. The van der Waals surface area contributed by atoms with Gasteiger partial charge in [0.25, 0.3) is 0 Å². The summed E-state index contributed by atoms with van der Waals surface area (Å²) in [5, 5.41) is 18.1. The molecule has 1 amide bonds. The maximum atomic E-state index is 12.7. The number of carbonyl (C=O) groups excluding carboxylic acids is 1. The van der Waals surface area contributed by atoms with Gasteiger partial charge in [-0.05, 0) is 70.5 Å². The van der Waals surface area contributed by atoms with Gasteiger partial charge in [0, 0.05) is 52.3 Å². The maximum absolute atomic E-state index is 12.7. The number of hydrogen-bond donors (Lipinski definition) is 3. The van der Waals surface area contributed by atoms with Crippen LogP contribution in [0.15, 0.2) is 72.0 Å². The number of nitrogens with zero attached hydrogens (tertiary/aromatic N) is 3. The second-order valence-corrected chi connectivity index (χ2v) is 11.9. The maximum Gasteiger partial charge on any atom is 0.407 e. The van der Waals surface area contributed by atoms with E-state index in [-0.39, 0.29) is 12.5 Å². The molecule has 0 bridgehead atoms. The largest absolute Gasteiger partial charge is 0.508 e. The molecule has 0 saturated heterocycles. The van der Waals surface area contributed by atoms with E-state index in [1.807, 2.05) is 48.3 Å². The number of carbonyl (C=O) groups is 1. The second-order valence-electron chi connectivity index (χ2n) is 10.7. The number of aromatic amines is 1. The van der Waals surface area contributed by atoms with Crippen molar-refractivity contribution in [2.75, 3.05) is 57.6 Å². The molecule has 11 heteroatoms. The first-order valence-electron chi connectivity index (χ1n) is 15.3. The molecular formula is C34H39N5O5S. The van der Waals surface area contributed by atoms with Crippen LogP contribution in [-0.2, 0) is 27.1 Å². The van der Waals surface area contributed by atoms with Gasteiger partial charge in [-0.2, -0.15) is 11.8 Å². The lowest BCUT2D eigenvalue weighted by molar-refractivity contribution is 0.0571. The molecule has 1 aliphatic carbocycles. The van der Waals surface area contributed by atoms with Crippen LogP contribution >= 0.6 is 11.8 Å². The summed E-state index contributed by atoms with van der Waals surface area (Å²) in [6.07, 6.45) is 3.81. The van der Waals surface area contributed by atoms with E-state index >= 15 is 0 Å². The number of thioether (sulfide) groups is 1. The summed E-state index contributed by atoms with van der Waals surface area (Å²) in [4.78, 5) is 18.7. The Hall–Kier alpha value is -4.15. The van der Waals surface area contributed by atoms with E-state index < -0.39 is 6.09 Å². The third-order valence-corrected chi connectivity index (χ3v) is 8.91. The Kier molecular flexibility index (Phi) is 12.0. The van der Waals surface area contributed by atoms with E-state index in [4.69, 9.17) is 19.7 Å². The number of phenolic OH excluding ortho intramolecular Hbond substituents is 1. The number of aryl methyl sites for hydroxylation is 1. The standard InChI is InChI=1S/C34H39N5O5S/c35-39-38-15-16-42-17-18-43-19-21-45-20-5-10-29-32(40)12-11-31-33(29)24(22-37-31)13-14-36-34(41)44-23-30-27-8-3-1-6-25(27)26-7-2-4-9-28(26)30/h1-4,6-9,11-12,22,30,37,40H,5,10,13-21,23H2,(H,36,41). The van der Waals surface area contributed by atoms with Crippen molar-refractivity contribution in [3.05, 3.63) is 99.6 Å². The van der Waals surface area contributed by atoms with Crippen molar-refractivity contribution in [3.63, 3.8) is 0 Å². The first-order valence-corrected chi connectivity index (χ1v) is 16.5. The van der Waals surface area contributed by atoms with Crippen LogP contribution < -0.4 is 5.32 Å². The fraction of sp³-hybridized carbons (Fsp3) is 0.382. The number of H-pyrrole nitrogens is 1. The number of phenols is 1. The molecule has 1 aliphatic rings. The molecule has 0 aliphatic heterocycles. The normalized spacial score (nSPS) is 12.1. The van der Waals surface area contributed by atoms with E-state index in [0.29, 0.717) is 51.7 Å². The molecule has 0 atom stereocenters. The molecular weight excluding hydrogens is 590 g/mol. The van der Waals surface area contributed by atoms with Crippen LogP contribution in [0.25, 0.3) is 32.5 Å². The average molecular weight is 630 g/mol. The Morgan fingerprint density at radius 2 is 1.69 bits per heavy atom. The van der Waals surface area contributed by atoms with Crippen molar-refractivity contribution in [1.29, 1.82) is 0 Å². The summed E-state index contributed by atoms with van der Waals surface area (Å²) >= 11 is 1.82. The van der Waals surface area contributed by atoms with Gasteiger partial charge in [-0.3, -0.25) is 0 Å². The number of benzene rings is 3. The Morgan fingerprint density at radius 1 is 0.956 bits per heavy atom. The predicted octanol–water partition coefficient (Wildman–Crippen LogP) is 6.96. The summed E-state index contributed by atoms with van der Waals surface area (Å²) in [5.41, 5.74) is 16.0. The van der Waals surface area contributed by atoms with Crippen molar-refractivity contribution < 1.29 is 24.1 Å². The van der Waals surface area contributed by atoms with E-state index in [2.05, 4.69) is 44.6 Å². The molecule has 0 saturated carbocycles. The number of amides is 1. The number of fused-ring (bicyclic) bond motifs is 4. The number of aromatic hydroxyl groups is 1. The van der Waals surface area contributed by atoms with Crippen molar-refractivity contribution in [2.45, 2.75) is 25.2 Å². The van der Waals surface area contributed by atoms with Crippen molar-refractivity contribution >= 4 is 28.8 Å². The summed E-state index contributed by atoms with van der Waals surface area (Å²) in [6.45, 7) is 3.08. The van der Waals surface area contributed by atoms with E-state index in [9.17, 15) is 9.90 Å². The highest BCUT2D eigenvalue weighted by Gasteiger charge is 2.29.